The minimum atomic E-state index is -0.240. The molecule has 0 saturated carbocycles. The molecule has 0 aliphatic rings. The van der Waals surface area contributed by atoms with Crippen LogP contribution in [0.4, 0.5) is 9.18 Å². The molecule has 3 nitrogen and oxygen atoms in total. The van der Waals surface area contributed by atoms with E-state index in [9.17, 15) is 9.18 Å². The molecule has 0 aliphatic carbocycles. The second-order valence-corrected chi connectivity index (χ2v) is 5.73. The van der Waals surface area contributed by atoms with Gasteiger partial charge in [-0.15, -0.1) is 11.3 Å². The van der Waals surface area contributed by atoms with Crippen molar-refractivity contribution in [1.82, 2.24) is 10.2 Å². The van der Waals surface area contributed by atoms with Gasteiger partial charge in [0.1, 0.15) is 5.82 Å². The van der Waals surface area contributed by atoms with Crippen LogP contribution in [0.5, 0.6) is 0 Å². The summed E-state index contributed by atoms with van der Waals surface area (Å²) in [5.74, 6) is -0.240. The fourth-order valence-electron chi connectivity index (χ4n) is 1.99. The van der Waals surface area contributed by atoms with Crippen molar-refractivity contribution in [3.8, 4) is 0 Å². The highest BCUT2D eigenvalue weighted by atomic mass is 32.1. The Morgan fingerprint density at radius 1 is 1.29 bits per heavy atom. The third kappa shape index (κ3) is 4.86. The van der Waals surface area contributed by atoms with Crippen LogP contribution in [0.25, 0.3) is 0 Å². The number of carbonyl (C=O) groups is 1. The van der Waals surface area contributed by atoms with E-state index in [2.05, 4.69) is 5.32 Å². The molecule has 21 heavy (non-hydrogen) atoms. The Labute approximate surface area is 128 Å². The third-order valence-corrected chi connectivity index (χ3v) is 4.06. The maximum absolute atomic E-state index is 12.8. The normalized spacial score (nSPS) is 10.4. The summed E-state index contributed by atoms with van der Waals surface area (Å²) in [7, 11) is 0. The van der Waals surface area contributed by atoms with E-state index in [0.717, 1.165) is 5.56 Å². The third-order valence-electron chi connectivity index (χ3n) is 3.20. The van der Waals surface area contributed by atoms with Gasteiger partial charge >= 0.3 is 6.03 Å². The van der Waals surface area contributed by atoms with Gasteiger partial charge < -0.3 is 10.2 Å². The molecule has 2 aromatic rings. The van der Waals surface area contributed by atoms with E-state index >= 15 is 0 Å². The summed E-state index contributed by atoms with van der Waals surface area (Å²) in [4.78, 5) is 15.1. The first-order valence-corrected chi connectivity index (χ1v) is 7.86. The van der Waals surface area contributed by atoms with Gasteiger partial charge in [0.05, 0.1) is 6.54 Å². The van der Waals surface area contributed by atoms with Crippen LogP contribution in [0.3, 0.4) is 0 Å². The van der Waals surface area contributed by atoms with Crippen LogP contribution in [0, 0.1) is 5.82 Å². The molecular formula is C16H19FN2OS. The standard InChI is InChI=1S/C16H19FN2OS/c1-2-19(12-15-4-3-11-21-15)16(20)18-10-9-13-5-7-14(17)8-6-13/h3-8,11H,2,9-10,12H2,1H3,(H,18,20). The summed E-state index contributed by atoms with van der Waals surface area (Å²) in [5.41, 5.74) is 1.01. The average Bonchev–Trinajstić information content (AvgIpc) is 2.99. The predicted molar refractivity (Wildman–Crippen MR) is 83.9 cm³/mol. The topological polar surface area (TPSA) is 32.3 Å². The lowest BCUT2D eigenvalue weighted by Gasteiger charge is -2.20. The zero-order chi connectivity index (χ0) is 15.1. The van der Waals surface area contributed by atoms with Crippen molar-refractivity contribution in [2.45, 2.75) is 19.9 Å². The smallest absolute Gasteiger partial charge is 0.317 e. The van der Waals surface area contributed by atoms with E-state index in [1.54, 1.807) is 28.4 Å². The molecule has 1 N–H and O–H groups in total. The Kier molecular flexibility index (Phi) is 5.75. The Balaban J connectivity index is 1.78. The van der Waals surface area contributed by atoms with Crippen molar-refractivity contribution in [2.75, 3.05) is 13.1 Å². The number of benzene rings is 1. The molecule has 0 radical (unpaired) electrons. The monoisotopic (exact) mass is 306 g/mol. The molecule has 0 unspecified atom stereocenters. The van der Waals surface area contributed by atoms with E-state index in [-0.39, 0.29) is 11.8 Å². The zero-order valence-electron chi connectivity index (χ0n) is 12.0. The van der Waals surface area contributed by atoms with Gasteiger partial charge in [-0.2, -0.15) is 0 Å². The van der Waals surface area contributed by atoms with Gasteiger partial charge in [0, 0.05) is 18.0 Å². The van der Waals surface area contributed by atoms with Gasteiger partial charge in [-0.3, -0.25) is 0 Å². The van der Waals surface area contributed by atoms with Crippen LogP contribution in [0.15, 0.2) is 41.8 Å². The number of nitrogens with one attached hydrogen (secondary N) is 1. The zero-order valence-corrected chi connectivity index (χ0v) is 12.8. The van der Waals surface area contributed by atoms with Gasteiger partial charge in [0.2, 0.25) is 0 Å². The van der Waals surface area contributed by atoms with Crippen molar-refractivity contribution in [3.63, 3.8) is 0 Å². The lowest BCUT2D eigenvalue weighted by atomic mass is 10.1. The van der Waals surface area contributed by atoms with Gasteiger partial charge in [-0.05, 0) is 42.5 Å². The molecule has 1 heterocycles. The van der Waals surface area contributed by atoms with Crippen molar-refractivity contribution in [3.05, 3.63) is 58.0 Å². The molecule has 0 aliphatic heterocycles. The summed E-state index contributed by atoms with van der Waals surface area (Å²) in [6.07, 6.45) is 0.697. The molecular weight excluding hydrogens is 287 g/mol. The molecule has 0 saturated heterocycles. The SMILES string of the molecule is CCN(Cc1cccs1)C(=O)NCCc1ccc(F)cc1. The Hall–Kier alpha value is -1.88. The maximum atomic E-state index is 12.8. The number of carbonyl (C=O) groups excluding carboxylic acids is 1. The molecule has 0 fully saturated rings. The quantitative estimate of drug-likeness (QED) is 0.868. The number of urea groups is 1. The molecule has 0 spiro atoms. The summed E-state index contributed by atoms with van der Waals surface area (Å²) < 4.78 is 12.8. The van der Waals surface area contributed by atoms with E-state index in [4.69, 9.17) is 0 Å². The first kappa shape index (κ1) is 15.5. The molecule has 2 rings (SSSR count). The minimum absolute atomic E-state index is 0.0620. The first-order valence-electron chi connectivity index (χ1n) is 6.98. The average molecular weight is 306 g/mol. The maximum Gasteiger partial charge on any atom is 0.317 e. The molecule has 1 aromatic heterocycles. The van der Waals surface area contributed by atoms with Gasteiger partial charge in [0.25, 0.3) is 0 Å². The minimum Gasteiger partial charge on any atom is -0.338 e. The van der Waals surface area contributed by atoms with Crippen molar-refractivity contribution in [2.24, 2.45) is 0 Å². The summed E-state index contributed by atoms with van der Waals surface area (Å²) in [6.45, 7) is 3.81. The van der Waals surface area contributed by atoms with Crippen molar-refractivity contribution in [1.29, 1.82) is 0 Å². The number of rotatable bonds is 6. The van der Waals surface area contributed by atoms with Crippen molar-refractivity contribution >= 4 is 17.4 Å². The fourth-order valence-corrected chi connectivity index (χ4v) is 2.71. The Bertz CT molecular complexity index is 554. The number of hydrogen-bond donors (Lipinski definition) is 1. The van der Waals surface area contributed by atoms with Crippen LogP contribution >= 0.6 is 11.3 Å². The molecule has 112 valence electrons. The van der Waals surface area contributed by atoms with Crippen LogP contribution in [-0.4, -0.2) is 24.0 Å². The lowest BCUT2D eigenvalue weighted by molar-refractivity contribution is 0.199. The lowest BCUT2D eigenvalue weighted by Crippen LogP contribution is -2.40. The highest BCUT2D eigenvalue weighted by molar-refractivity contribution is 7.09. The Morgan fingerprint density at radius 3 is 2.67 bits per heavy atom. The number of nitrogens with zero attached hydrogens (tertiary/aromatic N) is 1. The largest absolute Gasteiger partial charge is 0.338 e. The molecule has 0 atom stereocenters. The van der Waals surface area contributed by atoms with E-state index in [1.165, 1.54) is 17.0 Å². The number of hydrogen-bond acceptors (Lipinski definition) is 2. The predicted octanol–water partition coefficient (Wildman–Crippen LogP) is 3.66. The highest BCUT2D eigenvalue weighted by Gasteiger charge is 2.11. The van der Waals surface area contributed by atoms with E-state index in [0.29, 0.717) is 26.1 Å². The molecule has 0 bridgehead atoms. The van der Waals surface area contributed by atoms with Gasteiger partial charge in [0.15, 0.2) is 0 Å². The van der Waals surface area contributed by atoms with Crippen LogP contribution in [0.2, 0.25) is 0 Å². The molecule has 1 aromatic carbocycles. The molecule has 2 amide bonds. The van der Waals surface area contributed by atoms with Gasteiger partial charge in [-0.25, -0.2) is 9.18 Å². The van der Waals surface area contributed by atoms with Gasteiger partial charge in [-0.1, -0.05) is 18.2 Å². The number of amides is 2. The first-order chi connectivity index (χ1) is 10.2. The number of thiophene rings is 1. The van der Waals surface area contributed by atoms with E-state index in [1.807, 2.05) is 24.4 Å². The van der Waals surface area contributed by atoms with Crippen LogP contribution in [0.1, 0.15) is 17.4 Å². The van der Waals surface area contributed by atoms with E-state index < -0.39 is 0 Å². The van der Waals surface area contributed by atoms with Crippen LogP contribution in [-0.2, 0) is 13.0 Å². The molecule has 5 heteroatoms. The second-order valence-electron chi connectivity index (χ2n) is 4.70. The highest BCUT2D eigenvalue weighted by Crippen LogP contribution is 2.11. The summed E-state index contributed by atoms with van der Waals surface area (Å²) in [6, 6.07) is 10.3. The van der Waals surface area contributed by atoms with Crippen LogP contribution < -0.4 is 5.32 Å². The summed E-state index contributed by atoms with van der Waals surface area (Å²) in [5, 5.41) is 4.92. The fraction of sp³-hybridized carbons (Fsp3) is 0.312. The second kappa shape index (κ2) is 7.78. The number of halogens is 1. The van der Waals surface area contributed by atoms with Crippen molar-refractivity contribution < 1.29 is 9.18 Å². The summed E-state index contributed by atoms with van der Waals surface area (Å²) >= 11 is 1.65. The Morgan fingerprint density at radius 2 is 2.05 bits per heavy atom.